The predicted octanol–water partition coefficient (Wildman–Crippen LogP) is 4.65. The number of nitrogens with two attached hydrogens (primary N) is 1. The van der Waals surface area contributed by atoms with E-state index in [1.807, 2.05) is 90.1 Å². The number of esters is 1. The van der Waals surface area contributed by atoms with Gasteiger partial charge in [0.1, 0.15) is 17.0 Å². The maximum absolute atomic E-state index is 13.3. The van der Waals surface area contributed by atoms with Crippen LogP contribution < -0.4 is 21.3 Å². The van der Waals surface area contributed by atoms with Gasteiger partial charge in [0.15, 0.2) is 0 Å². The van der Waals surface area contributed by atoms with Gasteiger partial charge in [0.05, 0.1) is 25.1 Å². The van der Waals surface area contributed by atoms with E-state index < -0.39 is 23.0 Å². The van der Waals surface area contributed by atoms with E-state index in [-0.39, 0.29) is 23.6 Å². The molecule has 8 heteroatoms. The quantitative estimate of drug-likeness (QED) is 0.377. The first kappa shape index (κ1) is 30.6. The normalized spacial score (nSPS) is 12.5. The predicted molar refractivity (Wildman–Crippen MR) is 158 cm³/mol. The standard InChI is InChI=1S/C32H41N3O5/c1-20-18-35(19-23-11-15-25(39-8)16-12-23)29(37)27(21(20)2)34-28(36)26(33)17-22-9-13-24(14-10-22)32(6,7)30(38)40-31(3,4)5/h9-16,18,26H,17,19,33H2,1-8H3,(H,34,36)/t26-/m1/s1. The molecule has 0 saturated carbocycles. The summed E-state index contributed by atoms with van der Waals surface area (Å²) in [7, 11) is 1.60. The molecule has 40 heavy (non-hydrogen) atoms. The summed E-state index contributed by atoms with van der Waals surface area (Å²) in [4.78, 5) is 39.1. The Hall–Kier alpha value is -3.91. The Morgan fingerprint density at radius 2 is 1.52 bits per heavy atom. The van der Waals surface area contributed by atoms with Crippen LogP contribution >= 0.6 is 0 Å². The fourth-order valence-corrected chi connectivity index (χ4v) is 4.23. The largest absolute Gasteiger partial charge is 0.497 e. The molecule has 0 unspecified atom stereocenters. The van der Waals surface area contributed by atoms with Crippen LogP contribution in [-0.4, -0.2) is 35.2 Å². The van der Waals surface area contributed by atoms with Gasteiger partial charge in [-0.15, -0.1) is 0 Å². The van der Waals surface area contributed by atoms with Gasteiger partial charge in [0, 0.05) is 6.20 Å². The third kappa shape index (κ3) is 7.39. The molecule has 1 aromatic heterocycles. The molecule has 3 rings (SSSR count). The maximum atomic E-state index is 13.3. The number of nitrogens with one attached hydrogen (secondary N) is 1. The van der Waals surface area contributed by atoms with Crippen molar-refractivity contribution in [1.82, 2.24) is 4.57 Å². The number of carbonyl (C=O) groups is 2. The van der Waals surface area contributed by atoms with Crippen molar-refractivity contribution < 1.29 is 19.1 Å². The van der Waals surface area contributed by atoms with Gasteiger partial charge in [-0.3, -0.25) is 14.4 Å². The number of hydrogen-bond acceptors (Lipinski definition) is 6. The fourth-order valence-electron chi connectivity index (χ4n) is 4.23. The second kappa shape index (κ2) is 12.1. The van der Waals surface area contributed by atoms with Crippen LogP contribution in [0.3, 0.4) is 0 Å². The van der Waals surface area contributed by atoms with Crippen molar-refractivity contribution >= 4 is 17.6 Å². The Bertz CT molecular complexity index is 1420. The van der Waals surface area contributed by atoms with E-state index in [4.69, 9.17) is 15.2 Å². The molecule has 2 aromatic carbocycles. The number of aryl methyl sites for hydroxylation is 1. The molecule has 3 N–H and O–H groups in total. The minimum absolute atomic E-state index is 0.225. The lowest BCUT2D eigenvalue weighted by molar-refractivity contribution is -0.160. The number of ether oxygens (including phenoxy) is 2. The van der Waals surface area contributed by atoms with Crippen molar-refractivity contribution in [2.75, 3.05) is 12.4 Å². The zero-order chi connectivity index (χ0) is 29.8. The molecule has 0 aliphatic heterocycles. The van der Waals surface area contributed by atoms with E-state index >= 15 is 0 Å². The third-order valence-electron chi connectivity index (χ3n) is 6.93. The van der Waals surface area contributed by atoms with Crippen molar-refractivity contribution in [1.29, 1.82) is 0 Å². The van der Waals surface area contributed by atoms with Crippen LogP contribution in [0.5, 0.6) is 5.75 Å². The molecule has 1 amide bonds. The summed E-state index contributed by atoms with van der Waals surface area (Å²) < 4.78 is 12.4. The average Bonchev–Trinajstić information content (AvgIpc) is 2.89. The second-order valence-electron chi connectivity index (χ2n) is 11.7. The molecule has 214 valence electrons. The molecule has 1 heterocycles. The molecular formula is C32H41N3O5. The Kier molecular flexibility index (Phi) is 9.25. The van der Waals surface area contributed by atoms with Crippen LogP contribution in [0.25, 0.3) is 0 Å². The average molecular weight is 548 g/mol. The lowest BCUT2D eigenvalue weighted by Gasteiger charge is -2.29. The van der Waals surface area contributed by atoms with E-state index in [2.05, 4.69) is 5.32 Å². The number of rotatable bonds is 9. The van der Waals surface area contributed by atoms with Gasteiger partial charge in [0.25, 0.3) is 5.56 Å². The summed E-state index contributed by atoms with van der Waals surface area (Å²) in [6, 6.07) is 14.0. The van der Waals surface area contributed by atoms with Crippen LogP contribution in [0.1, 0.15) is 62.4 Å². The molecule has 0 radical (unpaired) electrons. The number of methoxy groups -OCH3 is 1. The van der Waals surface area contributed by atoms with Gasteiger partial charge in [-0.25, -0.2) is 0 Å². The Labute approximate surface area is 236 Å². The number of anilines is 1. The van der Waals surface area contributed by atoms with Crippen molar-refractivity contribution in [3.8, 4) is 5.75 Å². The monoisotopic (exact) mass is 547 g/mol. The number of carbonyl (C=O) groups excluding carboxylic acids is 2. The number of hydrogen-bond donors (Lipinski definition) is 2. The van der Waals surface area contributed by atoms with Crippen LogP contribution in [0.2, 0.25) is 0 Å². The summed E-state index contributed by atoms with van der Waals surface area (Å²) in [6.45, 7) is 13.2. The SMILES string of the molecule is COc1ccc(Cn2cc(C)c(C)c(NC(=O)[C@H](N)Cc3ccc(C(C)(C)C(=O)OC(C)(C)C)cc3)c2=O)cc1. The highest BCUT2D eigenvalue weighted by molar-refractivity contribution is 5.95. The zero-order valence-corrected chi connectivity index (χ0v) is 24.8. The molecule has 8 nitrogen and oxygen atoms in total. The van der Waals surface area contributed by atoms with Gasteiger partial charge >= 0.3 is 5.97 Å². The Morgan fingerprint density at radius 3 is 2.08 bits per heavy atom. The third-order valence-corrected chi connectivity index (χ3v) is 6.93. The lowest BCUT2D eigenvalue weighted by Crippen LogP contribution is -2.39. The van der Waals surface area contributed by atoms with Crippen molar-refractivity contribution in [3.05, 3.63) is 92.9 Å². The maximum Gasteiger partial charge on any atom is 0.316 e. The van der Waals surface area contributed by atoms with E-state index in [1.54, 1.807) is 24.8 Å². The first-order valence-electron chi connectivity index (χ1n) is 13.3. The molecular weight excluding hydrogens is 506 g/mol. The summed E-state index contributed by atoms with van der Waals surface area (Å²) in [5, 5.41) is 2.78. The van der Waals surface area contributed by atoms with E-state index in [9.17, 15) is 14.4 Å². The number of nitrogens with zero attached hydrogens (tertiary/aromatic N) is 1. The van der Waals surface area contributed by atoms with Crippen LogP contribution in [0, 0.1) is 13.8 Å². The second-order valence-corrected chi connectivity index (χ2v) is 11.7. The van der Waals surface area contributed by atoms with Crippen molar-refractivity contribution in [2.45, 2.75) is 78.5 Å². The van der Waals surface area contributed by atoms with Crippen LogP contribution in [0.15, 0.2) is 59.5 Å². The Balaban J connectivity index is 1.72. The number of amides is 1. The van der Waals surface area contributed by atoms with Gasteiger partial charge in [-0.1, -0.05) is 36.4 Å². The highest BCUT2D eigenvalue weighted by Gasteiger charge is 2.34. The summed E-state index contributed by atoms with van der Waals surface area (Å²) in [5.41, 5.74) is 8.92. The highest BCUT2D eigenvalue weighted by Crippen LogP contribution is 2.27. The van der Waals surface area contributed by atoms with Gasteiger partial charge in [0.2, 0.25) is 5.91 Å². The van der Waals surface area contributed by atoms with Gasteiger partial charge in [-0.05, 0) is 94.8 Å². The lowest BCUT2D eigenvalue weighted by atomic mass is 9.84. The molecule has 0 aliphatic rings. The summed E-state index contributed by atoms with van der Waals surface area (Å²) in [5.74, 6) is -0.0190. The summed E-state index contributed by atoms with van der Waals surface area (Å²) in [6.07, 6.45) is 2.06. The highest BCUT2D eigenvalue weighted by atomic mass is 16.6. The topological polar surface area (TPSA) is 113 Å². The smallest absolute Gasteiger partial charge is 0.316 e. The number of aromatic nitrogens is 1. The molecule has 0 saturated heterocycles. The van der Waals surface area contributed by atoms with Crippen molar-refractivity contribution in [2.24, 2.45) is 5.73 Å². The minimum Gasteiger partial charge on any atom is -0.497 e. The molecule has 1 atom stereocenters. The van der Waals surface area contributed by atoms with Gasteiger partial charge in [-0.2, -0.15) is 0 Å². The summed E-state index contributed by atoms with van der Waals surface area (Å²) >= 11 is 0. The van der Waals surface area contributed by atoms with Gasteiger partial charge < -0.3 is 25.1 Å². The first-order valence-corrected chi connectivity index (χ1v) is 13.3. The number of benzene rings is 2. The van der Waals surface area contributed by atoms with E-state index in [1.165, 1.54) is 0 Å². The van der Waals surface area contributed by atoms with Crippen LogP contribution in [0.4, 0.5) is 5.69 Å². The van der Waals surface area contributed by atoms with E-state index in [0.29, 0.717) is 12.1 Å². The fraction of sp³-hybridized carbons (Fsp3) is 0.406. The molecule has 0 fully saturated rings. The minimum atomic E-state index is -0.876. The molecule has 3 aromatic rings. The number of pyridine rings is 1. The zero-order valence-electron chi connectivity index (χ0n) is 24.8. The molecule has 0 aliphatic carbocycles. The molecule has 0 bridgehead atoms. The first-order chi connectivity index (χ1) is 18.6. The van der Waals surface area contributed by atoms with E-state index in [0.717, 1.165) is 28.0 Å². The van der Waals surface area contributed by atoms with Crippen LogP contribution in [-0.2, 0) is 32.7 Å². The van der Waals surface area contributed by atoms with Crippen molar-refractivity contribution in [3.63, 3.8) is 0 Å². The molecule has 0 spiro atoms. The Morgan fingerprint density at radius 1 is 0.950 bits per heavy atom.